The van der Waals surface area contributed by atoms with Crippen LogP contribution in [0.25, 0.3) is 0 Å². The monoisotopic (exact) mass is 261 g/mol. The predicted molar refractivity (Wildman–Crippen MR) is 63.3 cm³/mol. The lowest BCUT2D eigenvalue weighted by Gasteiger charge is -2.35. The van der Waals surface area contributed by atoms with E-state index in [4.69, 9.17) is 16.2 Å². The van der Waals surface area contributed by atoms with Crippen LogP contribution in [0.3, 0.4) is 0 Å². The molecule has 1 fully saturated rings. The van der Waals surface area contributed by atoms with Crippen molar-refractivity contribution < 1.29 is 17.9 Å². The van der Waals surface area contributed by atoms with E-state index >= 15 is 0 Å². The molecule has 0 bridgehead atoms. The fraction of sp³-hybridized carbons (Fsp3) is 0.455. The second-order valence-corrected chi connectivity index (χ2v) is 4.16. The zero-order valence-electron chi connectivity index (χ0n) is 9.57. The van der Waals surface area contributed by atoms with Gasteiger partial charge in [-0.1, -0.05) is 0 Å². The number of halogens is 3. The summed E-state index contributed by atoms with van der Waals surface area (Å²) in [5.41, 5.74) is 12.6. The van der Waals surface area contributed by atoms with Crippen molar-refractivity contribution in [3.63, 3.8) is 0 Å². The minimum atomic E-state index is -4.35. The summed E-state index contributed by atoms with van der Waals surface area (Å²) >= 11 is 0. The molecule has 18 heavy (non-hydrogen) atoms. The Morgan fingerprint density at radius 2 is 1.94 bits per heavy atom. The summed E-state index contributed by atoms with van der Waals surface area (Å²) in [5, 5.41) is 0. The van der Waals surface area contributed by atoms with Crippen LogP contribution < -0.4 is 16.4 Å². The average molecular weight is 261 g/mol. The van der Waals surface area contributed by atoms with Crippen molar-refractivity contribution in [3.05, 3.63) is 18.2 Å². The maximum atomic E-state index is 12.6. The SMILES string of the molecule is Nc1ccc(N2CCO[C@H](C(F)(F)F)C2)cc1N. The normalized spacial score (nSPS) is 21.1. The Balaban J connectivity index is 2.15. The number of nitrogens with zero attached hydrogens (tertiary/aromatic N) is 1. The van der Waals surface area contributed by atoms with Gasteiger partial charge in [0, 0.05) is 12.2 Å². The molecule has 1 aromatic rings. The molecule has 4 nitrogen and oxygen atoms in total. The lowest BCUT2D eigenvalue weighted by molar-refractivity contribution is -0.221. The van der Waals surface area contributed by atoms with E-state index in [0.29, 0.717) is 23.6 Å². The highest BCUT2D eigenvalue weighted by molar-refractivity contribution is 5.69. The van der Waals surface area contributed by atoms with Gasteiger partial charge in [0.15, 0.2) is 6.10 Å². The van der Waals surface area contributed by atoms with Crippen molar-refractivity contribution in [2.45, 2.75) is 12.3 Å². The molecule has 0 spiro atoms. The molecule has 1 aromatic carbocycles. The van der Waals surface area contributed by atoms with E-state index in [1.54, 1.807) is 23.1 Å². The molecular weight excluding hydrogens is 247 g/mol. The lowest BCUT2D eigenvalue weighted by atomic mass is 10.2. The zero-order valence-corrected chi connectivity index (χ0v) is 9.57. The van der Waals surface area contributed by atoms with Gasteiger partial charge >= 0.3 is 6.18 Å². The summed E-state index contributed by atoms with van der Waals surface area (Å²) in [6, 6.07) is 4.82. The lowest BCUT2D eigenvalue weighted by Crippen LogP contribution is -2.49. The van der Waals surface area contributed by atoms with E-state index in [1.807, 2.05) is 0 Å². The number of ether oxygens (including phenoxy) is 1. The van der Waals surface area contributed by atoms with Crippen LogP contribution in [-0.2, 0) is 4.74 Å². The van der Waals surface area contributed by atoms with Gasteiger partial charge in [0.1, 0.15) is 0 Å². The Morgan fingerprint density at radius 3 is 2.56 bits per heavy atom. The topological polar surface area (TPSA) is 64.5 Å². The highest BCUT2D eigenvalue weighted by Crippen LogP contribution is 2.29. The molecule has 0 radical (unpaired) electrons. The minimum Gasteiger partial charge on any atom is -0.397 e. The van der Waals surface area contributed by atoms with Gasteiger partial charge in [0.25, 0.3) is 0 Å². The van der Waals surface area contributed by atoms with Crippen LogP contribution in [-0.4, -0.2) is 32.0 Å². The Kier molecular flexibility index (Phi) is 3.25. The molecule has 7 heteroatoms. The smallest absolute Gasteiger partial charge is 0.397 e. The predicted octanol–water partition coefficient (Wildman–Crippen LogP) is 1.62. The molecular formula is C11H14F3N3O. The van der Waals surface area contributed by atoms with Crippen LogP contribution in [0.2, 0.25) is 0 Å². The largest absolute Gasteiger partial charge is 0.416 e. The van der Waals surface area contributed by atoms with Crippen molar-refractivity contribution in [2.75, 3.05) is 36.1 Å². The standard InChI is InChI=1S/C11H14F3N3O/c12-11(13,14)10-6-17(3-4-18-10)7-1-2-8(15)9(16)5-7/h1-2,5,10H,3-4,6,15-16H2/t10-/m0/s1. The first-order valence-electron chi connectivity index (χ1n) is 5.46. The van der Waals surface area contributed by atoms with Crippen LogP contribution in [0.4, 0.5) is 30.2 Å². The molecule has 1 aliphatic rings. The van der Waals surface area contributed by atoms with E-state index in [9.17, 15) is 13.2 Å². The maximum Gasteiger partial charge on any atom is 0.416 e. The third-order valence-corrected chi connectivity index (χ3v) is 2.87. The number of nitrogen functional groups attached to an aromatic ring is 2. The van der Waals surface area contributed by atoms with Crippen molar-refractivity contribution >= 4 is 17.1 Å². The van der Waals surface area contributed by atoms with Gasteiger partial charge in [-0.2, -0.15) is 13.2 Å². The third kappa shape index (κ3) is 2.61. The first kappa shape index (κ1) is 12.8. The van der Waals surface area contributed by atoms with Crippen LogP contribution in [0.1, 0.15) is 0 Å². The first-order chi connectivity index (χ1) is 8.38. The Hall–Kier alpha value is -1.63. The number of anilines is 3. The summed E-state index contributed by atoms with van der Waals surface area (Å²) in [5.74, 6) is 0. The molecule has 1 heterocycles. The first-order valence-corrected chi connectivity index (χ1v) is 5.46. The number of morpholine rings is 1. The van der Waals surface area contributed by atoms with E-state index in [1.165, 1.54) is 0 Å². The summed E-state index contributed by atoms with van der Waals surface area (Å²) < 4.78 is 42.5. The number of alkyl halides is 3. The Bertz CT molecular complexity index is 436. The highest BCUT2D eigenvalue weighted by Gasteiger charge is 2.43. The molecule has 1 aliphatic heterocycles. The van der Waals surface area contributed by atoms with Crippen molar-refractivity contribution in [2.24, 2.45) is 0 Å². The zero-order chi connectivity index (χ0) is 13.3. The van der Waals surface area contributed by atoms with Crippen LogP contribution in [0, 0.1) is 0 Å². The molecule has 0 unspecified atom stereocenters. The van der Waals surface area contributed by atoms with E-state index in [0.717, 1.165) is 0 Å². The maximum absolute atomic E-state index is 12.6. The van der Waals surface area contributed by atoms with Crippen molar-refractivity contribution in [3.8, 4) is 0 Å². The molecule has 4 N–H and O–H groups in total. The summed E-state index contributed by atoms with van der Waals surface area (Å²) in [7, 11) is 0. The number of rotatable bonds is 1. The summed E-state index contributed by atoms with van der Waals surface area (Å²) in [6.45, 7) is 0.206. The summed E-state index contributed by atoms with van der Waals surface area (Å²) in [4.78, 5) is 1.59. The summed E-state index contributed by atoms with van der Waals surface area (Å²) in [6.07, 6.45) is -6.11. The van der Waals surface area contributed by atoms with Gasteiger partial charge in [0.2, 0.25) is 0 Å². The van der Waals surface area contributed by atoms with Gasteiger partial charge in [-0.3, -0.25) is 0 Å². The molecule has 0 amide bonds. The second-order valence-electron chi connectivity index (χ2n) is 4.16. The van der Waals surface area contributed by atoms with Gasteiger partial charge < -0.3 is 21.1 Å². The van der Waals surface area contributed by atoms with Gasteiger partial charge in [0.05, 0.1) is 24.5 Å². The number of nitrogens with two attached hydrogens (primary N) is 2. The molecule has 1 atom stereocenters. The van der Waals surface area contributed by atoms with Crippen LogP contribution in [0.5, 0.6) is 0 Å². The minimum absolute atomic E-state index is 0.0362. The van der Waals surface area contributed by atoms with Crippen molar-refractivity contribution in [1.82, 2.24) is 0 Å². The molecule has 0 aliphatic carbocycles. The van der Waals surface area contributed by atoms with Crippen LogP contribution >= 0.6 is 0 Å². The molecule has 2 rings (SSSR count). The van der Waals surface area contributed by atoms with E-state index < -0.39 is 12.3 Å². The fourth-order valence-electron chi connectivity index (χ4n) is 1.84. The Morgan fingerprint density at radius 1 is 1.22 bits per heavy atom. The molecule has 0 aromatic heterocycles. The van der Waals surface area contributed by atoms with Gasteiger partial charge in [-0.15, -0.1) is 0 Å². The highest BCUT2D eigenvalue weighted by atomic mass is 19.4. The average Bonchev–Trinajstić information content (AvgIpc) is 2.32. The molecule has 0 saturated carbocycles. The van der Waals surface area contributed by atoms with Crippen LogP contribution in [0.15, 0.2) is 18.2 Å². The quantitative estimate of drug-likeness (QED) is 0.754. The third-order valence-electron chi connectivity index (χ3n) is 2.87. The van der Waals surface area contributed by atoms with Crippen molar-refractivity contribution in [1.29, 1.82) is 0 Å². The van der Waals surface area contributed by atoms with Gasteiger partial charge in [-0.25, -0.2) is 0 Å². The number of benzene rings is 1. The number of hydrogen-bond donors (Lipinski definition) is 2. The molecule has 1 saturated heterocycles. The molecule has 100 valence electrons. The fourth-order valence-corrected chi connectivity index (χ4v) is 1.84. The Labute approximate surface area is 102 Å². The second kappa shape index (κ2) is 4.56. The van der Waals surface area contributed by atoms with E-state index in [2.05, 4.69) is 0 Å². The van der Waals surface area contributed by atoms with E-state index in [-0.39, 0.29) is 13.2 Å². The number of hydrogen-bond acceptors (Lipinski definition) is 4. The van der Waals surface area contributed by atoms with Gasteiger partial charge in [-0.05, 0) is 18.2 Å².